The van der Waals surface area contributed by atoms with Gasteiger partial charge in [0.1, 0.15) is 56.9 Å². The molecule has 6 aliphatic rings. The zero-order valence-corrected chi connectivity index (χ0v) is 21.7. The highest BCUT2D eigenvalue weighted by atomic mass is 16.7. The minimum atomic E-state index is -0.970. The second-order valence-electron chi connectivity index (χ2n) is 10.6. The third-order valence-electron chi connectivity index (χ3n) is 8.32. The molecule has 0 aliphatic carbocycles. The van der Waals surface area contributed by atoms with Gasteiger partial charge in [0.25, 0.3) is 0 Å². The standard InChI is InChI=1S/C10H18O4.C7H11BO4.C6H9BO4/c1-6-8-9(12-4)10(14-6,5-11-3)7(2)13-8;8-6-4-1-11-3-7(2-9,12-6)5(4)10;7-5-3-4(9)6(1-8,11-5)2-10-3/h6-9H,5H2,1-4H3;4-6,9-10H,1-3H2;3-5,8-9H,1-2H2/t6-,7?,8-,9-,10-;4?,5-,6?,7+;3?,4-,5?,6+/m011/s1. The van der Waals surface area contributed by atoms with E-state index in [1.54, 1.807) is 14.2 Å². The molecule has 4 radical (unpaired) electrons. The van der Waals surface area contributed by atoms with Crippen molar-refractivity contribution in [2.75, 3.05) is 53.9 Å². The number of hydrogen-bond acceptors (Lipinski definition) is 12. The number of hydrogen-bond donors (Lipinski definition) is 4. The fourth-order valence-electron chi connectivity index (χ4n) is 6.11. The van der Waals surface area contributed by atoms with Crippen LogP contribution >= 0.6 is 0 Å². The maximum absolute atomic E-state index is 9.68. The zero-order chi connectivity index (χ0) is 27.2. The Kier molecular flexibility index (Phi) is 9.02. The Morgan fingerprint density at radius 2 is 1.54 bits per heavy atom. The van der Waals surface area contributed by atoms with Crippen molar-refractivity contribution in [1.82, 2.24) is 0 Å². The highest BCUT2D eigenvalue weighted by Gasteiger charge is 2.64. The lowest BCUT2D eigenvalue weighted by atomic mass is 9.81. The predicted octanol–water partition coefficient (Wildman–Crippen LogP) is -3.16. The summed E-state index contributed by atoms with van der Waals surface area (Å²) < 4.78 is 43.1. The molecule has 6 heterocycles. The molecule has 6 aliphatic heterocycles. The van der Waals surface area contributed by atoms with Crippen molar-refractivity contribution in [3.63, 3.8) is 0 Å². The minimum absolute atomic E-state index is 0.00699. The summed E-state index contributed by atoms with van der Waals surface area (Å²) in [7, 11) is 14.4. The predicted molar refractivity (Wildman–Crippen MR) is 127 cm³/mol. The minimum Gasteiger partial charge on any atom is -0.393 e. The van der Waals surface area contributed by atoms with Crippen LogP contribution < -0.4 is 0 Å². The first-order valence-electron chi connectivity index (χ1n) is 12.5. The van der Waals surface area contributed by atoms with Crippen molar-refractivity contribution in [3.05, 3.63) is 0 Å². The first kappa shape index (κ1) is 29.6. The number of aliphatic hydroxyl groups excluding tert-OH is 4. The van der Waals surface area contributed by atoms with Gasteiger partial charge in [-0.25, -0.2) is 0 Å². The molecule has 0 saturated carbocycles. The fourth-order valence-corrected chi connectivity index (χ4v) is 6.11. The summed E-state index contributed by atoms with van der Waals surface area (Å²) in [5, 5.41) is 37.1. The van der Waals surface area contributed by atoms with E-state index in [9.17, 15) is 10.2 Å². The molecular weight excluding hydrogens is 490 g/mol. The molecule has 6 rings (SSSR count). The lowest BCUT2D eigenvalue weighted by Gasteiger charge is -2.34. The van der Waals surface area contributed by atoms with Crippen LogP contribution in [0.3, 0.4) is 0 Å². The highest BCUT2D eigenvalue weighted by Crippen LogP contribution is 2.45. The Hall–Kier alpha value is -0.350. The maximum Gasteiger partial charge on any atom is 0.146 e. The molecule has 6 saturated heterocycles. The van der Waals surface area contributed by atoms with Crippen LogP contribution in [0.15, 0.2) is 0 Å². The second kappa shape index (κ2) is 11.3. The Balaban J connectivity index is 0.000000131. The summed E-state index contributed by atoms with van der Waals surface area (Å²) in [5.41, 5.74) is -2.33. The molecule has 13 atom stereocenters. The van der Waals surface area contributed by atoms with Crippen LogP contribution in [0.5, 0.6) is 0 Å². The Bertz CT molecular complexity index is 782. The summed E-state index contributed by atoms with van der Waals surface area (Å²) in [5.74, 6) is -0.203. The van der Waals surface area contributed by atoms with E-state index >= 15 is 0 Å². The lowest BCUT2D eigenvalue weighted by Crippen LogP contribution is -2.52. The van der Waals surface area contributed by atoms with Gasteiger partial charge in [0.05, 0.1) is 58.0 Å². The Labute approximate surface area is 219 Å². The van der Waals surface area contributed by atoms with Crippen LogP contribution in [0, 0.1) is 5.92 Å². The van der Waals surface area contributed by atoms with Gasteiger partial charge in [-0.15, -0.1) is 0 Å². The smallest absolute Gasteiger partial charge is 0.146 e. The quantitative estimate of drug-likeness (QED) is 0.267. The number of aliphatic hydroxyl groups is 4. The molecule has 14 heteroatoms. The summed E-state index contributed by atoms with van der Waals surface area (Å²) in [6, 6.07) is -1.12. The molecule has 208 valence electrons. The van der Waals surface area contributed by atoms with Crippen molar-refractivity contribution in [2.45, 2.75) is 85.4 Å². The zero-order valence-electron chi connectivity index (χ0n) is 21.7. The van der Waals surface area contributed by atoms with Crippen LogP contribution in [-0.2, 0) is 37.9 Å². The number of ether oxygens (including phenoxy) is 8. The van der Waals surface area contributed by atoms with E-state index < -0.39 is 47.1 Å². The van der Waals surface area contributed by atoms with Crippen molar-refractivity contribution in [3.8, 4) is 0 Å². The molecular formula is C23H38B2O12. The van der Waals surface area contributed by atoms with Crippen LogP contribution in [-0.4, -0.2) is 162 Å². The normalized spacial score (nSPS) is 53.0. The average molecular weight is 528 g/mol. The molecule has 12 nitrogen and oxygen atoms in total. The van der Waals surface area contributed by atoms with Gasteiger partial charge in [-0.1, -0.05) is 0 Å². The molecule has 0 aromatic carbocycles. The van der Waals surface area contributed by atoms with E-state index in [4.69, 9.17) is 63.8 Å². The molecule has 37 heavy (non-hydrogen) atoms. The first-order chi connectivity index (χ1) is 17.5. The van der Waals surface area contributed by atoms with Gasteiger partial charge in [0, 0.05) is 32.1 Å². The number of rotatable bonds is 5. The molecule has 5 unspecified atom stereocenters. The van der Waals surface area contributed by atoms with E-state index in [0.717, 1.165) is 0 Å². The maximum atomic E-state index is 9.68. The summed E-state index contributed by atoms with van der Waals surface area (Å²) >= 11 is 0. The molecule has 0 aromatic heterocycles. The van der Waals surface area contributed by atoms with Gasteiger partial charge in [0.2, 0.25) is 0 Å². The van der Waals surface area contributed by atoms with Crippen LogP contribution in [0.1, 0.15) is 13.8 Å². The fraction of sp³-hybridized carbons (Fsp3) is 1.00. The van der Waals surface area contributed by atoms with Crippen LogP contribution in [0.4, 0.5) is 0 Å². The molecule has 0 spiro atoms. The van der Waals surface area contributed by atoms with Crippen LogP contribution in [0.2, 0.25) is 0 Å². The second-order valence-corrected chi connectivity index (χ2v) is 10.6. The third-order valence-corrected chi connectivity index (χ3v) is 8.32. The molecule has 6 bridgehead atoms. The third kappa shape index (κ3) is 4.81. The van der Waals surface area contributed by atoms with Gasteiger partial charge in [-0.2, -0.15) is 0 Å². The van der Waals surface area contributed by atoms with Gasteiger partial charge in [-0.05, 0) is 13.8 Å². The highest BCUT2D eigenvalue weighted by molar-refractivity contribution is 6.12. The van der Waals surface area contributed by atoms with Crippen molar-refractivity contribution < 1.29 is 58.3 Å². The number of methoxy groups -OCH3 is 2. The molecule has 6 fully saturated rings. The summed E-state index contributed by atoms with van der Waals surface area (Å²) in [6.45, 7) is 4.89. The Morgan fingerprint density at radius 1 is 0.892 bits per heavy atom. The molecule has 4 N–H and O–H groups in total. The topological polar surface area (TPSA) is 155 Å². The average Bonchev–Trinajstić information content (AvgIpc) is 3.53. The van der Waals surface area contributed by atoms with Gasteiger partial charge < -0.3 is 58.3 Å². The van der Waals surface area contributed by atoms with Gasteiger partial charge in [0.15, 0.2) is 0 Å². The van der Waals surface area contributed by atoms with E-state index in [-0.39, 0.29) is 56.8 Å². The number of fused-ring (bicyclic) bond motifs is 6. The van der Waals surface area contributed by atoms with Crippen LogP contribution in [0.25, 0.3) is 0 Å². The monoisotopic (exact) mass is 528 g/mol. The molecule has 0 amide bonds. The van der Waals surface area contributed by atoms with Crippen molar-refractivity contribution in [1.29, 1.82) is 0 Å². The summed E-state index contributed by atoms with van der Waals surface area (Å²) in [6.07, 6.45) is -1.80. The van der Waals surface area contributed by atoms with Crippen molar-refractivity contribution >= 4 is 15.7 Å². The lowest BCUT2D eigenvalue weighted by molar-refractivity contribution is -0.194. The van der Waals surface area contributed by atoms with E-state index in [2.05, 4.69) is 0 Å². The van der Waals surface area contributed by atoms with E-state index in [1.807, 2.05) is 13.8 Å². The summed E-state index contributed by atoms with van der Waals surface area (Å²) in [4.78, 5) is 0. The van der Waals surface area contributed by atoms with E-state index in [0.29, 0.717) is 13.2 Å². The van der Waals surface area contributed by atoms with Gasteiger partial charge in [-0.3, -0.25) is 0 Å². The molecule has 0 aromatic rings. The first-order valence-corrected chi connectivity index (χ1v) is 12.5. The SMILES string of the molecule is COC[C@]12O[C@@H](C)[C@H](OC1C)[C@@H]2OC.[B]C1O[C@@]2(CO)COC1[C@H]2O.[B]C1O[C@@]2(CO)COCC1[C@H]2O. The van der Waals surface area contributed by atoms with E-state index in [1.165, 1.54) is 0 Å². The van der Waals surface area contributed by atoms with Crippen molar-refractivity contribution in [2.24, 2.45) is 5.92 Å². The van der Waals surface area contributed by atoms with Gasteiger partial charge >= 0.3 is 0 Å². The Morgan fingerprint density at radius 3 is 2.03 bits per heavy atom. The largest absolute Gasteiger partial charge is 0.393 e.